The fourth-order valence-electron chi connectivity index (χ4n) is 3.57. The third-order valence-corrected chi connectivity index (χ3v) is 4.97. The molecular weight excluding hydrogens is 290 g/mol. The molecule has 1 aliphatic heterocycles. The molecule has 2 amide bonds. The maximum absolute atomic E-state index is 12.4. The molecule has 0 bridgehead atoms. The van der Waals surface area contributed by atoms with Gasteiger partial charge in [0.25, 0.3) is 0 Å². The molecule has 1 heterocycles. The monoisotopic (exact) mass is 317 g/mol. The number of para-hydroxylation sites is 2. The lowest BCUT2D eigenvalue weighted by Gasteiger charge is -2.37. The van der Waals surface area contributed by atoms with Crippen LogP contribution in [0.2, 0.25) is 0 Å². The van der Waals surface area contributed by atoms with Crippen LogP contribution < -0.4 is 10.2 Å². The summed E-state index contributed by atoms with van der Waals surface area (Å²) in [6.07, 6.45) is 7.28. The Bertz CT molecular complexity index is 519. The summed E-state index contributed by atoms with van der Waals surface area (Å²) in [6, 6.07) is 7.82. The molecule has 1 aromatic rings. The van der Waals surface area contributed by atoms with Crippen molar-refractivity contribution < 1.29 is 9.90 Å². The molecular formula is C18H27N3O2. The van der Waals surface area contributed by atoms with Crippen LogP contribution >= 0.6 is 0 Å². The van der Waals surface area contributed by atoms with Crippen molar-refractivity contribution in [1.82, 2.24) is 10.2 Å². The molecule has 2 N–H and O–H groups in total. The Morgan fingerprint density at radius 1 is 1.00 bits per heavy atom. The van der Waals surface area contributed by atoms with Gasteiger partial charge in [0.15, 0.2) is 0 Å². The third-order valence-electron chi connectivity index (χ3n) is 4.97. The number of carbonyl (C=O) groups excluding carboxylic acids is 1. The van der Waals surface area contributed by atoms with Gasteiger partial charge >= 0.3 is 6.03 Å². The van der Waals surface area contributed by atoms with Gasteiger partial charge in [-0.3, -0.25) is 0 Å². The molecule has 126 valence electrons. The molecule has 23 heavy (non-hydrogen) atoms. The van der Waals surface area contributed by atoms with Crippen LogP contribution in [0.15, 0.2) is 24.3 Å². The second kappa shape index (κ2) is 7.57. The highest BCUT2D eigenvalue weighted by molar-refractivity contribution is 5.75. The van der Waals surface area contributed by atoms with Crippen molar-refractivity contribution >= 4 is 11.7 Å². The van der Waals surface area contributed by atoms with E-state index in [1.165, 1.54) is 25.7 Å². The number of nitrogens with zero attached hydrogens (tertiary/aromatic N) is 2. The Morgan fingerprint density at radius 3 is 2.30 bits per heavy atom. The van der Waals surface area contributed by atoms with Gasteiger partial charge in [-0.05, 0) is 25.0 Å². The van der Waals surface area contributed by atoms with E-state index in [1.54, 1.807) is 6.07 Å². The lowest BCUT2D eigenvalue weighted by atomic mass is 10.1. The van der Waals surface area contributed by atoms with E-state index in [4.69, 9.17) is 0 Å². The first-order chi connectivity index (χ1) is 11.2. The van der Waals surface area contributed by atoms with E-state index in [9.17, 15) is 9.90 Å². The number of urea groups is 1. The van der Waals surface area contributed by atoms with Gasteiger partial charge in [-0.25, -0.2) is 4.79 Å². The molecule has 1 aromatic carbocycles. The normalized spacial score (nSPS) is 20.2. The molecule has 3 rings (SSSR count). The Labute approximate surface area is 138 Å². The molecule has 5 nitrogen and oxygen atoms in total. The predicted molar refractivity (Wildman–Crippen MR) is 91.9 cm³/mol. The Balaban J connectivity index is 1.50. The van der Waals surface area contributed by atoms with Crippen molar-refractivity contribution in [2.75, 3.05) is 31.1 Å². The van der Waals surface area contributed by atoms with Gasteiger partial charge in [0.05, 0.1) is 5.69 Å². The van der Waals surface area contributed by atoms with Gasteiger partial charge in [0, 0.05) is 32.2 Å². The second-order valence-electron chi connectivity index (χ2n) is 6.60. The fourth-order valence-corrected chi connectivity index (χ4v) is 3.57. The Kier molecular flexibility index (Phi) is 5.26. The lowest BCUT2D eigenvalue weighted by molar-refractivity contribution is 0.189. The number of piperazine rings is 1. The summed E-state index contributed by atoms with van der Waals surface area (Å²) < 4.78 is 0. The molecule has 0 aromatic heterocycles. The van der Waals surface area contributed by atoms with E-state index < -0.39 is 0 Å². The number of hydrogen-bond donors (Lipinski definition) is 2. The first-order valence-corrected chi connectivity index (χ1v) is 8.82. The minimum Gasteiger partial charge on any atom is -0.506 e. The van der Waals surface area contributed by atoms with Crippen LogP contribution in [0, 0.1) is 0 Å². The molecule has 0 radical (unpaired) electrons. The molecule has 5 heteroatoms. The summed E-state index contributed by atoms with van der Waals surface area (Å²) in [6.45, 7) is 2.92. The summed E-state index contributed by atoms with van der Waals surface area (Å²) >= 11 is 0. The van der Waals surface area contributed by atoms with Gasteiger partial charge in [0.2, 0.25) is 0 Å². The number of amides is 2. The summed E-state index contributed by atoms with van der Waals surface area (Å²) in [4.78, 5) is 16.5. The van der Waals surface area contributed by atoms with Crippen LogP contribution in [0.3, 0.4) is 0 Å². The Morgan fingerprint density at radius 2 is 1.65 bits per heavy atom. The van der Waals surface area contributed by atoms with E-state index in [2.05, 4.69) is 10.2 Å². The highest BCUT2D eigenvalue weighted by Crippen LogP contribution is 2.27. The van der Waals surface area contributed by atoms with Gasteiger partial charge < -0.3 is 20.2 Å². The smallest absolute Gasteiger partial charge is 0.317 e. The maximum Gasteiger partial charge on any atom is 0.317 e. The minimum atomic E-state index is 0.0776. The van der Waals surface area contributed by atoms with E-state index in [0.717, 1.165) is 31.6 Å². The van der Waals surface area contributed by atoms with Gasteiger partial charge in [-0.1, -0.05) is 37.8 Å². The molecule has 0 spiro atoms. The van der Waals surface area contributed by atoms with Gasteiger partial charge in [-0.2, -0.15) is 0 Å². The highest BCUT2D eigenvalue weighted by atomic mass is 16.3. The lowest BCUT2D eigenvalue weighted by Crippen LogP contribution is -2.53. The largest absolute Gasteiger partial charge is 0.506 e. The average molecular weight is 317 g/mol. The van der Waals surface area contributed by atoms with Crippen LogP contribution in [0.1, 0.15) is 38.5 Å². The van der Waals surface area contributed by atoms with Crippen molar-refractivity contribution in [2.24, 2.45) is 0 Å². The van der Waals surface area contributed by atoms with Gasteiger partial charge in [-0.15, -0.1) is 0 Å². The molecule has 2 fully saturated rings. The number of rotatable bonds is 2. The summed E-state index contributed by atoms with van der Waals surface area (Å²) in [5.41, 5.74) is 0.858. The maximum atomic E-state index is 12.4. The van der Waals surface area contributed by atoms with Crippen molar-refractivity contribution in [1.29, 1.82) is 0 Å². The number of hydrogen-bond acceptors (Lipinski definition) is 3. The predicted octanol–water partition coefficient (Wildman–Crippen LogP) is 2.95. The van der Waals surface area contributed by atoms with E-state index in [0.29, 0.717) is 24.9 Å². The highest BCUT2D eigenvalue weighted by Gasteiger charge is 2.24. The zero-order valence-corrected chi connectivity index (χ0v) is 13.7. The van der Waals surface area contributed by atoms with E-state index >= 15 is 0 Å². The van der Waals surface area contributed by atoms with Crippen LogP contribution in [0.25, 0.3) is 0 Å². The van der Waals surface area contributed by atoms with Gasteiger partial charge in [0.1, 0.15) is 5.75 Å². The fraction of sp³-hybridized carbons (Fsp3) is 0.611. The number of carbonyl (C=O) groups is 1. The number of benzene rings is 1. The summed E-state index contributed by atoms with van der Waals surface area (Å²) in [5.74, 6) is 0.309. The van der Waals surface area contributed by atoms with Crippen LogP contribution in [-0.4, -0.2) is 48.3 Å². The summed E-state index contributed by atoms with van der Waals surface area (Å²) in [5, 5.41) is 13.2. The standard InChI is InChI=1S/C18H27N3O2/c22-17-10-6-5-9-16(17)20-11-13-21(14-12-20)18(23)19-15-7-3-1-2-4-8-15/h5-6,9-10,15,22H,1-4,7-8,11-14H2,(H,19,23). The van der Waals surface area contributed by atoms with Crippen LogP contribution in [-0.2, 0) is 0 Å². The topological polar surface area (TPSA) is 55.8 Å². The average Bonchev–Trinajstić information content (AvgIpc) is 2.84. The number of phenols is 1. The number of nitrogens with one attached hydrogen (secondary N) is 1. The van der Waals surface area contributed by atoms with Crippen LogP contribution in [0.4, 0.5) is 10.5 Å². The van der Waals surface area contributed by atoms with E-state index in [-0.39, 0.29) is 6.03 Å². The molecule has 0 unspecified atom stereocenters. The van der Waals surface area contributed by atoms with Crippen LogP contribution in [0.5, 0.6) is 5.75 Å². The first kappa shape index (κ1) is 16.0. The first-order valence-electron chi connectivity index (χ1n) is 8.82. The molecule has 2 aliphatic rings. The number of aromatic hydroxyl groups is 1. The van der Waals surface area contributed by atoms with Crippen molar-refractivity contribution in [2.45, 2.75) is 44.6 Å². The zero-order chi connectivity index (χ0) is 16.1. The third kappa shape index (κ3) is 4.09. The quantitative estimate of drug-likeness (QED) is 0.825. The SMILES string of the molecule is O=C(NC1CCCCCC1)N1CCN(c2ccccc2O)CC1. The zero-order valence-electron chi connectivity index (χ0n) is 13.7. The molecule has 1 saturated heterocycles. The number of anilines is 1. The Hall–Kier alpha value is -1.91. The van der Waals surface area contributed by atoms with Crippen molar-refractivity contribution in [3.63, 3.8) is 0 Å². The minimum absolute atomic E-state index is 0.0776. The second-order valence-corrected chi connectivity index (χ2v) is 6.60. The summed E-state index contributed by atoms with van der Waals surface area (Å²) in [7, 11) is 0. The van der Waals surface area contributed by atoms with Crippen molar-refractivity contribution in [3.8, 4) is 5.75 Å². The number of phenolic OH excluding ortho intramolecular Hbond substituents is 1. The molecule has 1 aliphatic carbocycles. The molecule has 1 saturated carbocycles. The molecule has 0 atom stereocenters. The van der Waals surface area contributed by atoms with Crippen molar-refractivity contribution in [3.05, 3.63) is 24.3 Å². The van der Waals surface area contributed by atoms with E-state index in [1.807, 2.05) is 23.1 Å².